The molecule has 0 spiro atoms. The topological polar surface area (TPSA) is 61.0 Å². The number of nitrogens with zero attached hydrogens (tertiary/aromatic N) is 2. The second-order valence-electron chi connectivity index (χ2n) is 3.24. The third-order valence-electron chi connectivity index (χ3n) is 1.85. The summed E-state index contributed by atoms with van der Waals surface area (Å²) in [7, 11) is 0. The van der Waals surface area contributed by atoms with Crippen molar-refractivity contribution in [3.8, 4) is 11.6 Å². The maximum Gasteiger partial charge on any atom is 0.224 e. The Bertz CT molecular complexity index is 496. The van der Waals surface area contributed by atoms with Gasteiger partial charge in [0, 0.05) is 11.1 Å². The number of halogens is 1. The fourth-order valence-electron chi connectivity index (χ4n) is 1.27. The lowest BCUT2D eigenvalue weighted by atomic mass is 10.3. The third-order valence-corrected chi connectivity index (χ3v) is 2.09. The van der Waals surface area contributed by atoms with Crippen LogP contribution in [0.5, 0.6) is 11.6 Å². The predicted octanol–water partition coefficient (Wildman–Crippen LogP) is 2.81. The van der Waals surface area contributed by atoms with Crippen molar-refractivity contribution in [2.24, 2.45) is 0 Å². The van der Waals surface area contributed by atoms with E-state index in [1.54, 1.807) is 37.3 Å². The molecule has 16 heavy (non-hydrogen) atoms. The standard InChI is InChI=1S/C11H10ClN3O/c1-7-14-10(13)6-11(15-7)16-9-4-2-3-8(12)5-9/h2-6H,1H3,(H2,13,14,15). The first-order chi connectivity index (χ1) is 7.63. The fraction of sp³-hybridized carbons (Fsp3) is 0.0909. The van der Waals surface area contributed by atoms with E-state index >= 15 is 0 Å². The zero-order valence-corrected chi connectivity index (χ0v) is 9.40. The van der Waals surface area contributed by atoms with Gasteiger partial charge in [0.15, 0.2) is 0 Å². The molecule has 0 fully saturated rings. The number of hydrogen-bond acceptors (Lipinski definition) is 4. The van der Waals surface area contributed by atoms with E-state index in [0.29, 0.717) is 28.3 Å². The number of ether oxygens (including phenoxy) is 1. The van der Waals surface area contributed by atoms with E-state index in [1.807, 2.05) is 0 Å². The zero-order valence-electron chi connectivity index (χ0n) is 8.64. The van der Waals surface area contributed by atoms with Crippen molar-refractivity contribution < 1.29 is 4.74 Å². The molecule has 0 aliphatic rings. The van der Waals surface area contributed by atoms with Gasteiger partial charge in [-0.1, -0.05) is 17.7 Å². The monoisotopic (exact) mass is 235 g/mol. The van der Waals surface area contributed by atoms with Gasteiger partial charge in [0.05, 0.1) is 0 Å². The number of hydrogen-bond donors (Lipinski definition) is 1. The lowest BCUT2D eigenvalue weighted by Gasteiger charge is -2.05. The molecule has 5 heteroatoms. The molecule has 2 aromatic rings. The molecule has 0 saturated carbocycles. The Morgan fingerprint density at radius 1 is 1.25 bits per heavy atom. The van der Waals surface area contributed by atoms with Crippen molar-refractivity contribution in [3.05, 3.63) is 41.2 Å². The summed E-state index contributed by atoms with van der Waals surface area (Å²) < 4.78 is 5.51. The summed E-state index contributed by atoms with van der Waals surface area (Å²) in [6.45, 7) is 1.75. The summed E-state index contributed by atoms with van der Waals surface area (Å²) in [5.74, 6) is 1.97. The van der Waals surface area contributed by atoms with Crippen LogP contribution in [0.25, 0.3) is 0 Å². The first-order valence-corrected chi connectivity index (χ1v) is 5.06. The van der Waals surface area contributed by atoms with Crippen molar-refractivity contribution in [1.82, 2.24) is 9.97 Å². The van der Waals surface area contributed by atoms with Crippen LogP contribution in [-0.4, -0.2) is 9.97 Å². The Morgan fingerprint density at radius 3 is 2.75 bits per heavy atom. The third kappa shape index (κ3) is 2.61. The quantitative estimate of drug-likeness (QED) is 0.870. The summed E-state index contributed by atoms with van der Waals surface area (Å²) in [4.78, 5) is 8.06. The van der Waals surface area contributed by atoms with Gasteiger partial charge in [-0.2, -0.15) is 4.98 Å². The van der Waals surface area contributed by atoms with E-state index in [1.165, 1.54) is 0 Å². The number of nitrogen functional groups attached to an aromatic ring is 1. The SMILES string of the molecule is Cc1nc(N)cc(Oc2cccc(Cl)c2)n1. The molecule has 0 atom stereocenters. The molecule has 82 valence electrons. The van der Waals surface area contributed by atoms with Gasteiger partial charge in [0.25, 0.3) is 0 Å². The number of benzene rings is 1. The minimum atomic E-state index is 0.379. The van der Waals surface area contributed by atoms with Crippen LogP contribution in [0, 0.1) is 6.92 Å². The number of aromatic nitrogens is 2. The van der Waals surface area contributed by atoms with Crippen LogP contribution in [0.4, 0.5) is 5.82 Å². The Morgan fingerprint density at radius 2 is 2.06 bits per heavy atom. The van der Waals surface area contributed by atoms with Gasteiger partial charge in [-0.15, -0.1) is 0 Å². The Kier molecular flexibility index (Phi) is 2.92. The lowest BCUT2D eigenvalue weighted by molar-refractivity contribution is 0.460. The summed E-state index contributed by atoms with van der Waals surface area (Å²) in [5, 5.41) is 0.608. The van der Waals surface area contributed by atoms with Gasteiger partial charge in [-0.3, -0.25) is 0 Å². The number of aryl methyl sites for hydroxylation is 1. The Labute approximate surface area is 98.0 Å². The van der Waals surface area contributed by atoms with E-state index in [9.17, 15) is 0 Å². The molecular weight excluding hydrogens is 226 g/mol. The molecular formula is C11H10ClN3O. The maximum atomic E-state index is 5.84. The zero-order chi connectivity index (χ0) is 11.5. The number of nitrogens with two attached hydrogens (primary N) is 1. The van der Waals surface area contributed by atoms with E-state index in [-0.39, 0.29) is 0 Å². The summed E-state index contributed by atoms with van der Waals surface area (Å²) >= 11 is 5.84. The van der Waals surface area contributed by atoms with E-state index in [2.05, 4.69) is 9.97 Å². The summed E-state index contributed by atoms with van der Waals surface area (Å²) in [6, 6.07) is 8.63. The normalized spacial score (nSPS) is 10.1. The fourth-order valence-corrected chi connectivity index (χ4v) is 1.45. The van der Waals surface area contributed by atoms with Crippen LogP contribution in [-0.2, 0) is 0 Å². The van der Waals surface area contributed by atoms with Gasteiger partial charge in [0.2, 0.25) is 5.88 Å². The molecule has 0 aliphatic heterocycles. The molecule has 1 aromatic carbocycles. The summed E-state index contributed by atoms with van der Waals surface area (Å²) in [6.07, 6.45) is 0. The molecule has 0 unspecified atom stereocenters. The second-order valence-corrected chi connectivity index (χ2v) is 3.67. The van der Waals surface area contributed by atoms with Gasteiger partial charge >= 0.3 is 0 Å². The van der Waals surface area contributed by atoms with E-state index in [0.717, 1.165) is 0 Å². The maximum absolute atomic E-state index is 5.84. The highest BCUT2D eigenvalue weighted by Crippen LogP contribution is 2.23. The highest BCUT2D eigenvalue weighted by atomic mass is 35.5. The van der Waals surface area contributed by atoms with Gasteiger partial charge < -0.3 is 10.5 Å². The minimum absolute atomic E-state index is 0.379. The van der Waals surface area contributed by atoms with Gasteiger partial charge in [-0.25, -0.2) is 4.98 Å². The van der Waals surface area contributed by atoms with Gasteiger partial charge in [-0.05, 0) is 25.1 Å². The molecule has 1 heterocycles. The van der Waals surface area contributed by atoms with Crippen molar-refractivity contribution in [2.45, 2.75) is 6.92 Å². The number of rotatable bonds is 2. The minimum Gasteiger partial charge on any atom is -0.439 e. The first-order valence-electron chi connectivity index (χ1n) is 4.68. The molecule has 0 bridgehead atoms. The lowest BCUT2D eigenvalue weighted by Crippen LogP contribution is -1.97. The van der Waals surface area contributed by atoms with Crippen LogP contribution in [0.1, 0.15) is 5.82 Å². The smallest absolute Gasteiger partial charge is 0.224 e. The molecule has 0 radical (unpaired) electrons. The van der Waals surface area contributed by atoms with Crippen LogP contribution < -0.4 is 10.5 Å². The average molecular weight is 236 g/mol. The first kappa shape index (κ1) is 10.7. The predicted molar refractivity (Wildman–Crippen MR) is 62.7 cm³/mol. The molecule has 1 aromatic heterocycles. The van der Waals surface area contributed by atoms with Crippen molar-refractivity contribution >= 4 is 17.4 Å². The molecule has 2 rings (SSSR count). The van der Waals surface area contributed by atoms with E-state index < -0.39 is 0 Å². The largest absolute Gasteiger partial charge is 0.439 e. The van der Waals surface area contributed by atoms with Crippen molar-refractivity contribution in [3.63, 3.8) is 0 Å². The van der Waals surface area contributed by atoms with Crippen molar-refractivity contribution in [2.75, 3.05) is 5.73 Å². The highest BCUT2D eigenvalue weighted by Gasteiger charge is 2.02. The van der Waals surface area contributed by atoms with Crippen LogP contribution in [0.2, 0.25) is 5.02 Å². The van der Waals surface area contributed by atoms with Crippen molar-refractivity contribution in [1.29, 1.82) is 0 Å². The summed E-state index contributed by atoms with van der Waals surface area (Å²) in [5.41, 5.74) is 5.59. The van der Waals surface area contributed by atoms with Gasteiger partial charge in [0.1, 0.15) is 17.4 Å². The molecule has 2 N–H and O–H groups in total. The molecule has 0 saturated heterocycles. The van der Waals surface area contributed by atoms with Crippen LogP contribution in [0.15, 0.2) is 30.3 Å². The van der Waals surface area contributed by atoms with E-state index in [4.69, 9.17) is 22.1 Å². The Hall–Kier alpha value is -1.81. The molecule has 4 nitrogen and oxygen atoms in total. The van der Waals surface area contributed by atoms with Crippen LogP contribution >= 0.6 is 11.6 Å². The number of anilines is 1. The second kappa shape index (κ2) is 4.37. The molecule has 0 amide bonds. The average Bonchev–Trinajstić information content (AvgIpc) is 2.15. The Balaban J connectivity index is 2.27. The van der Waals surface area contributed by atoms with Crippen LogP contribution in [0.3, 0.4) is 0 Å². The molecule has 0 aliphatic carbocycles. The highest BCUT2D eigenvalue weighted by molar-refractivity contribution is 6.30.